The van der Waals surface area contributed by atoms with Crippen LogP contribution in [-0.2, 0) is 19.4 Å². The van der Waals surface area contributed by atoms with E-state index in [0.29, 0.717) is 30.0 Å². The van der Waals surface area contributed by atoms with E-state index in [1.54, 1.807) is 38.3 Å². The van der Waals surface area contributed by atoms with Gasteiger partial charge in [0.15, 0.2) is 9.84 Å². The minimum atomic E-state index is -3.07. The molecule has 0 saturated carbocycles. The first-order chi connectivity index (χ1) is 13.3. The number of methoxy groups -OCH3 is 2. The topological polar surface area (TPSA) is 102 Å². The van der Waals surface area contributed by atoms with Gasteiger partial charge in [-0.2, -0.15) is 0 Å². The molecule has 1 aromatic carbocycles. The molecule has 2 amide bonds. The van der Waals surface area contributed by atoms with Gasteiger partial charge < -0.3 is 19.7 Å². The van der Waals surface area contributed by atoms with E-state index in [4.69, 9.17) is 9.47 Å². The van der Waals surface area contributed by atoms with Crippen molar-refractivity contribution >= 4 is 27.7 Å². The van der Waals surface area contributed by atoms with Gasteiger partial charge in [0, 0.05) is 24.2 Å². The van der Waals surface area contributed by atoms with Crippen molar-refractivity contribution in [2.75, 3.05) is 38.8 Å². The zero-order valence-corrected chi connectivity index (χ0v) is 17.1. The Hall–Kier alpha value is -2.55. The predicted octanol–water partition coefficient (Wildman–Crippen LogP) is 0.869. The molecule has 1 atom stereocenters. The molecule has 1 N–H and O–H groups in total. The fraction of sp³-hybridized carbons (Fsp3) is 0.474. The Morgan fingerprint density at radius 2 is 2.04 bits per heavy atom. The van der Waals surface area contributed by atoms with Crippen molar-refractivity contribution in [2.45, 2.75) is 19.4 Å². The second-order valence-electron chi connectivity index (χ2n) is 6.46. The van der Waals surface area contributed by atoms with Crippen LogP contribution in [0.3, 0.4) is 0 Å². The van der Waals surface area contributed by atoms with E-state index < -0.39 is 9.84 Å². The first-order valence-electron chi connectivity index (χ1n) is 8.96. The number of sulfone groups is 1. The predicted molar refractivity (Wildman–Crippen MR) is 106 cm³/mol. The highest BCUT2D eigenvalue weighted by Crippen LogP contribution is 2.25. The number of nitrogens with one attached hydrogen (secondary N) is 1. The Balaban J connectivity index is 1.99. The third-order valence-electron chi connectivity index (χ3n) is 4.47. The molecular formula is C19H26N2O6S. The number of hydrogen-bond acceptors (Lipinski definition) is 6. The summed E-state index contributed by atoms with van der Waals surface area (Å²) in [7, 11) is 0.0120. The lowest BCUT2D eigenvalue weighted by Gasteiger charge is -2.20. The largest absolute Gasteiger partial charge is 0.497 e. The van der Waals surface area contributed by atoms with Gasteiger partial charge in [-0.15, -0.1) is 0 Å². The van der Waals surface area contributed by atoms with Crippen molar-refractivity contribution in [3.8, 4) is 11.5 Å². The van der Waals surface area contributed by atoms with Crippen LogP contribution in [-0.4, -0.2) is 70.0 Å². The van der Waals surface area contributed by atoms with Gasteiger partial charge in [-0.1, -0.05) is 0 Å². The minimum Gasteiger partial charge on any atom is -0.497 e. The molecule has 0 unspecified atom stereocenters. The Bertz CT molecular complexity index is 850. The van der Waals surface area contributed by atoms with Crippen molar-refractivity contribution < 1.29 is 27.5 Å². The Morgan fingerprint density at radius 1 is 1.29 bits per heavy atom. The van der Waals surface area contributed by atoms with E-state index in [1.807, 2.05) is 0 Å². The molecule has 0 bridgehead atoms. The van der Waals surface area contributed by atoms with Gasteiger partial charge in [0.25, 0.3) is 0 Å². The second-order valence-corrected chi connectivity index (χ2v) is 8.69. The summed E-state index contributed by atoms with van der Waals surface area (Å²) in [5.41, 5.74) is 0.673. The molecule has 1 saturated heterocycles. The molecule has 0 aliphatic carbocycles. The zero-order valence-electron chi connectivity index (χ0n) is 16.3. The van der Waals surface area contributed by atoms with Crippen molar-refractivity contribution in [1.82, 2.24) is 10.2 Å². The van der Waals surface area contributed by atoms with Crippen molar-refractivity contribution in [3.63, 3.8) is 0 Å². The maximum Gasteiger partial charge on any atom is 0.247 e. The van der Waals surface area contributed by atoms with Crippen LogP contribution >= 0.6 is 0 Å². The number of amides is 2. The molecule has 1 aliphatic heterocycles. The molecule has 154 valence electrons. The standard InChI is InChI=1S/C19H26N2O6S/c1-4-21(12-18(22)20-15-9-10-28(24,25)13-15)19(23)8-5-14-11-16(26-2)6-7-17(14)27-3/h5-8,11,15H,4,9-10,12-13H2,1-3H3,(H,20,22)/b8-5+/t15-/m1/s1. The Labute approximate surface area is 165 Å². The number of carbonyl (C=O) groups is 2. The summed E-state index contributed by atoms with van der Waals surface area (Å²) in [5.74, 6) is 0.554. The molecule has 1 fully saturated rings. The van der Waals surface area contributed by atoms with Crippen LogP contribution in [0, 0.1) is 0 Å². The Kier molecular flexibility index (Phi) is 7.45. The van der Waals surface area contributed by atoms with Crippen molar-refractivity contribution in [1.29, 1.82) is 0 Å². The van der Waals surface area contributed by atoms with Gasteiger partial charge in [0.1, 0.15) is 11.5 Å². The summed E-state index contributed by atoms with van der Waals surface area (Å²) < 4.78 is 33.4. The number of rotatable bonds is 8. The first kappa shape index (κ1) is 21.7. The highest BCUT2D eigenvalue weighted by molar-refractivity contribution is 7.91. The Morgan fingerprint density at radius 3 is 2.61 bits per heavy atom. The fourth-order valence-electron chi connectivity index (χ4n) is 2.94. The molecule has 0 aromatic heterocycles. The van der Waals surface area contributed by atoms with Crippen molar-refractivity contribution in [2.24, 2.45) is 0 Å². The highest BCUT2D eigenvalue weighted by Gasteiger charge is 2.29. The van der Waals surface area contributed by atoms with Gasteiger partial charge in [-0.25, -0.2) is 8.42 Å². The van der Waals surface area contributed by atoms with Gasteiger partial charge >= 0.3 is 0 Å². The maximum absolute atomic E-state index is 12.5. The summed E-state index contributed by atoms with van der Waals surface area (Å²) in [6, 6.07) is 4.85. The van der Waals surface area contributed by atoms with Gasteiger partial charge in [0.2, 0.25) is 11.8 Å². The number of hydrogen-bond donors (Lipinski definition) is 1. The smallest absolute Gasteiger partial charge is 0.247 e. The third kappa shape index (κ3) is 5.98. The lowest BCUT2D eigenvalue weighted by Crippen LogP contribution is -2.44. The quantitative estimate of drug-likeness (QED) is 0.638. The molecule has 1 aliphatic rings. The molecule has 8 nitrogen and oxygen atoms in total. The number of ether oxygens (including phenoxy) is 2. The van der Waals surface area contributed by atoms with Gasteiger partial charge in [-0.05, 0) is 37.6 Å². The van der Waals surface area contributed by atoms with Crippen LogP contribution in [0.5, 0.6) is 11.5 Å². The summed E-state index contributed by atoms with van der Waals surface area (Å²) in [6.07, 6.45) is 3.38. The van der Waals surface area contributed by atoms with Crippen LogP contribution in [0.25, 0.3) is 6.08 Å². The molecule has 1 aromatic rings. The molecule has 28 heavy (non-hydrogen) atoms. The van der Waals surface area contributed by atoms with Crippen molar-refractivity contribution in [3.05, 3.63) is 29.8 Å². The molecule has 2 rings (SSSR count). The normalized spacial score (nSPS) is 18.0. The molecule has 0 radical (unpaired) electrons. The molecule has 0 spiro atoms. The molecule has 9 heteroatoms. The maximum atomic E-state index is 12.5. The van der Waals surface area contributed by atoms with Gasteiger partial charge in [0.05, 0.1) is 32.3 Å². The fourth-order valence-corrected chi connectivity index (χ4v) is 4.61. The van der Waals surface area contributed by atoms with Crippen LogP contribution < -0.4 is 14.8 Å². The third-order valence-corrected chi connectivity index (χ3v) is 6.24. The van der Waals surface area contributed by atoms with Crippen LogP contribution in [0.15, 0.2) is 24.3 Å². The van der Waals surface area contributed by atoms with Gasteiger partial charge in [-0.3, -0.25) is 9.59 Å². The van der Waals surface area contributed by atoms with E-state index in [0.717, 1.165) is 0 Å². The molecule has 1 heterocycles. The van der Waals surface area contributed by atoms with E-state index in [2.05, 4.69) is 5.32 Å². The number of nitrogens with zero attached hydrogens (tertiary/aromatic N) is 1. The average molecular weight is 410 g/mol. The van der Waals surface area contributed by atoms with E-state index >= 15 is 0 Å². The zero-order chi connectivity index (χ0) is 20.7. The average Bonchev–Trinajstić information content (AvgIpc) is 3.01. The van der Waals surface area contributed by atoms with Crippen LogP contribution in [0.2, 0.25) is 0 Å². The highest BCUT2D eigenvalue weighted by atomic mass is 32.2. The lowest BCUT2D eigenvalue weighted by atomic mass is 10.1. The summed E-state index contributed by atoms with van der Waals surface area (Å²) >= 11 is 0. The monoisotopic (exact) mass is 410 g/mol. The van der Waals surface area contributed by atoms with Crippen LogP contribution in [0.1, 0.15) is 18.9 Å². The molecular weight excluding hydrogens is 384 g/mol. The second kappa shape index (κ2) is 9.59. The van der Waals surface area contributed by atoms with E-state index in [1.165, 1.54) is 18.1 Å². The van der Waals surface area contributed by atoms with Crippen LogP contribution in [0.4, 0.5) is 0 Å². The lowest BCUT2D eigenvalue weighted by molar-refractivity contribution is -0.132. The first-order valence-corrected chi connectivity index (χ1v) is 10.8. The number of benzene rings is 1. The van der Waals surface area contributed by atoms with E-state index in [-0.39, 0.29) is 35.9 Å². The summed E-state index contributed by atoms with van der Waals surface area (Å²) in [6.45, 7) is 1.98. The summed E-state index contributed by atoms with van der Waals surface area (Å²) in [5, 5.41) is 2.69. The minimum absolute atomic E-state index is 0.0473. The number of likely N-dealkylation sites (N-methyl/N-ethyl adjacent to an activating group) is 1. The number of carbonyl (C=O) groups excluding carboxylic acids is 2. The SMILES string of the molecule is CCN(CC(=O)N[C@@H]1CCS(=O)(=O)C1)C(=O)/C=C/c1cc(OC)ccc1OC. The van der Waals surface area contributed by atoms with E-state index in [9.17, 15) is 18.0 Å². The summed E-state index contributed by atoms with van der Waals surface area (Å²) in [4.78, 5) is 26.0.